The van der Waals surface area contributed by atoms with E-state index < -0.39 is 5.97 Å². The highest BCUT2D eigenvalue weighted by atomic mass is 16.4. The molecule has 0 bridgehead atoms. The van der Waals surface area contributed by atoms with Crippen LogP contribution in [0.4, 0.5) is 0 Å². The van der Waals surface area contributed by atoms with Crippen molar-refractivity contribution in [3.05, 3.63) is 72.8 Å². The summed E-state index contributed by atoms with van der Waals surface area (Å²) in [6.07, 6.45) is 11.8. The summed E-state index contributed by atoms with van der Waals surface area (Å²) in [4.78, 5) is 11.3. The molecule has 0 fully saturated rings. The minimum atomic E-state index is -0.706. The fraction of sp³-hybridized carbons (Fsp3) is 0.208. The van der Waals surface area contributed by atoms with Gasteiger partial charge < -0.3 is 5.11 Å². The number of pyridine rings is 1. The van der Waals surface area contributed by atoms with Crippen molar-refractivity contribution in [1.82, 2.24) is 19.4 Å². The molecule has 0 spiro atoms. The van der Waals surface area contributed by atoms with Gasteiger partial charge in [0.2, 0.25) is 0 Å². The number of aliphatic carboxylic acids is 1. The van der Waals surface area contributed by atoms with Crippen LogP contribution in [0.5, 0.6) is 0 Å². The summed E-state index contributed by atoms with van der Waals surface area (Å²) < 4.78 is 3.71. The minimum Gasteiger partial charge on any atom is -0.481 e. The molecule has 6 nitrogen and oxygen atoms in total. The van der Waals surface area contributed by atoms with Crippen LogP contribution in [0.1, 0.15) is 24.8 Å². The maximum atomic E-state index is 11.3. The number of carbonyl (C=O) groups is 1. The summed E-state index contributed by atoms with van der Waals surface area (Å²) in [6.45, 7) is 0. The molecule has 1 atom stereocenters. The highest BCUT2D eigenvalue weighted by Crippen LogP contribution is 2.36. The fourth-order valence-electron chi connectivity index (χ4n) is 4.23. The molecule has 0 saturated heterocycles. The first-order chi connectivity index (χ1) is 14.6. The molecule has 4 aromatic rings. The predicted octanol–water partition coefficient (Wildman–Crippen LogP) is 4.67. The van der Waals surface area contributed by atoms with E-state index in [1.807, 2.05) is 42.4 Å². The Labute approximate surface area is 174 Å². The van der Waals surface area contributed by atoms with Crippen LogP contribution >= 0.6 is 0 Å². The molecule has 0 amide bonds. The summed E-state index contributed by atoms with van der Waals surface area (Å²) >= 11 is 0. The van der Waals surface area contributed by atoms with Gasteiger partial charge in [0.1, 0.15) is 0 Å². The molecular weight excluding hydrogens is 376 g/mol. The quantitative estimate of drug-likeness (QED) is 0.542. The third-order valence-electron chi connectivity index (χ3n) is 5.88. The second-order valence-electron chi connectivity index (χ2n) is 7.79. The lowest BCUT2D eigenvalue weighted by Crippen LogP contribution is -2.15. The zero-order valence-corrected chi connectivity index (χ0v) is 16.7. The van der Waals surface area contributed by atoms with Gasteiger partial charge in [-0.1, -0.05) is 36.4 Å². The number of allylic oxidation sites excluding steroid dienone is 2. The molecule has 1 N–H and O–H groups in total. The summed E-state index contributed by atoms with van der Waals surface area (Å²) in [5.41, 5.74) is 7.78. The van der Waals surface area contributed by atoms with Crippen molar-refractivity contribution in [2.24, 2.45) is 13.0 Å². The van der Waals surface area contributed by atoms with Crippen molar-refractivity contribution in [2.75, 3.05) is 0 Å². The number of carboxylic acids is 1. The molecule has 0 aliphatic heterocycles. The first kappa shape index (κ1) is 18.4. The molecule has 3 aromatic heterocycles. The maximum Gasteiger partial charge on any atom is 0.306 e. The molecule has 1 aliphatic carbocycles. The van der Waals surface area contributed by atoms with Gasteiger partial charge in [0, 0.05) is 36.1 Å². The Morgan fingerprint density at radius 1 is 1.03 bits per heavy atom. The molecule has 5 rings (SSSR count). The van der Waals surface area contributed by atoms with E-state index >= 15 is 0 Å². The van der Waals surface area contributed by atoms with Crippen molar-refractivity contribution in [3.8, 4) is 22.3 Å². The third kappa shape index (κ3) is 3.20. The van der Waals surface area contributed by atoms with Crippen LogP contribution < -0.4 is 0 Å². The number of aromatic nitrogens is 4. The largest absolute Gasteiger partial charge is 0.481 e. The number of hydrogen-bond donors (Lipinski definition) is 1. The Kier molecular flexibility index (Phi) is 4.47. The lowest BCUT2D eigenvalue weighted by molar-refractivity contribution is -0.141. The zero-order chi connectivity index (χ0) is 20.7. The Morgan fingerprint density at radius 3 is 2.50 bits per heavy atom. The van der Waals surface area contributed by atoms with Crippen molar-refractivity contribution >= 4 is 17.1 Å². The standard InChI is InChI=1S/C24H22N4O2/c1-27-15-20(13-25-27)16-4-6-18(7-5-16)22-14-26-28-12-2-3-21(23(22)28)17-8-10-19(11-9-17)24(29)30/h2-8,12-15,19H,9-11H2,1H3,(H,29,30). The number of aryl methyl sites for hydroxylation is 1. The van der Waals surface area contributed by atoms with E-state index in [9.17, 15) is 9.90 Å². The van der Waals surface area contributed by atoms with Gasteiger partial charge in [0.15, 0.2) is 0 Å². The number of hydrogen-bond acceptors (Lipinski definition) is 3. The van der Waals surface area contributed by atoms with Gasteiger partial charge >= 0.3 is 5.97 Å². The van der Waals surface area contributed by atoms with E-state index in [0.717, 1.165) is 39.8 Å². The Bertz CT molecular complexity index is 1260. The van der Waals surface area contributed by atoms with Gasteiger partial charge in [-0.25, -0.2) is 4.52 Å². The normalized spacial score (nSPS) is 16.6. The van der Waals surface area contributed by atoms with E-state index in [4.69, 9.17) is 0 Å². The predicted molar refractivity (Wildman–Crippen MR) is 116 cm³/mol. The maximum absolute atomic E-state index is 11.3. The topological polar surface area (TPSA) is 72.4 Å². The van der Waals surface area contributed by atoms with Crippen LogP contribution in [-0.4, -0.2) is 30.5 Å². The van der Waals surface area contributed by atoms with E-state index in [1.165, 1.54) is 5.57 Å². The van der Waals surface area contributed by atoms with Gasteiger partial charge in [-0.2, -0.15) is 10.2 Å². The summed E-state index contributed by atoms with van der Waals surface area (Å²) in [6, 6.07) is 12.6. The Morgan fingerprint density at radius 2 is 1.83 bits per heavy atom. The van der Waals surface area contributed by atoms with Crippen LogP contribution in [0.25, 0.3) is 33.3 Å². The summed E-state index contributed by atoms with van der Waals surface area (Å²) in [5, 5.41) is 18.1. The van der Waals surface area contributed by atoms with Crippen LogP contribution in [0.3, 0.4) is 0 Å². The average Bonchev–Trinajstić information content (AvgIpc) is 3.40. The van der Waals surface area contributed by atoms with Crippen LogP contribution in [0.15, 0.2) is 67.3 Å². The molecular formula is C24H22N4O2. The minimum absolute atomic E-state index is 0.280. The summed E-state index contributed by atoms with van der Waals surface area (Å²) in [5.74, 6) is -0.986. The molecule has 1 unspecified atom stereocenters. The molecule has 0 saturated carbocycles. The van der Waals surface area contributed by atoms with E-state index in [0.29, 0.717) is 12.8 Å². The Hall–Kier alpha value is -3.67. The number of rotatable bonds is 4. The highest BCUT2D eigenvalue weighted by molar-refractivity contribution is 5.91. The lowest BCUT2D eigenvalue weighted by atomic mass is 9.86. The highest BCUT2D eigenvalue weighted by Gasteiger charge is 2.23. The van der Waals surface area contributed by atoms with Crippen LogP contribution in [-0.2, 0) is 11.8 Å². The molecule has 3 heterocycles. The fourth-order valence-corrected chi connectivity index (χ4v) is 4.23. The van der Waals surface area contributed by atoms with E-state index in [-0.39, 0.29) is 5.92 Å². The second kappa shape index (κ2) is 7.30. The van der Waals surface area contributed by atoms with Gasteiger partial charge in [-0.05, 0) is 42.0 Å². The van der Waals surface area contributed by atoms with Crippen molar-refractivity contribution in [2.45, 2.75) is 19.3 Å². The number of nitrogens with zero attached hydrogens (tertiary/aromatic N) is 4. The average molecular weight is 398 g/mol. The third-order valence-corrected chi connectivity index (χ3v) is 5.88. The zero-order valence-electron chi connectivity index (χ0n) is 16.7. The monoisotopic (exact) mass is 398 g/mol. The van der Waals surface area contributed by atoms with Gasteiger partial charge in [-0.3, -0.25) is 9.48 Å². The molecule has 1 aromatic carbocycles. The first-order valence-electron chi connectivity index (χ1n) is 10.1. The second-order valence-corrected chi connectivity index (χ2v) is 7.79. The SMILES string of the molecule is Cn1cc(-c2ccc(-c3cnn4cccc(C5=CCC(C(=O)O)CC5)c34)cc2)cn1. The van der Waals surface area contributed by atoms with Crippen molar-refractivity contribution in [1.29, 1.82) is 0 Å². The van der Waals surface area contributed by atoms with E-state index in [2.05, 4.69) is 46.6 Å². The van der Waals surface area contributed by atoms with Gasteiger partial charge in [0.25, 0.3) is 0 Å². The number of carboxylic acid groups (broad SMARTS) is 1. The number of benzene rings is 1. The molecule has 1 aliphatic rings. The molecule has 0 radical (unpaired) electrons. The first-order valence-corrected chi connectivity index (χ1v) is 10.1. The van der Waals surface area contributed by atoms with Gasteiger partial charge in [0.05, 0.1) is 23.8 Å². The molecule has 150 valence electrons. The van der Waals surface area contributed by atoms with E-state index in [1.54, 1.807) is 4.68 Å². The lowest BCUT2D eigenvalue weighted by Gasteiger charge is -2.19. The summed E-state index contributed by atoms with van der Waals surface area (Å²) in [7, 11) is 1.91. The van der Waals surface area contributed by atoms with Crippen LogP contribution in [0, 0.1) is 5.92 Å². The Balaban J connectivity index is 1.54. The van der Waals surface area contributed by atoms with Gasteiger partial charge in [-0.15, -0.1) is 0 Å². The molecule has 6 heteroatoms. The number of fused-ring (bicyclic) bond motifs is 1. The molecule has 30 heavy (non-hydrogen) atoms. The van der Waals surface area contributed by atoms with Crippen molar-refractivity contribution in [3.63, 3.8) is 0 Å². The van der Waals surface area contributed by atoms with Crippen molar-refractivity contribution < 1.29 is 9.90 Å². The van der Waals surface area contributed by atoms with Crippen LogP contribution in [0.2, 0.25) is 0 Å². The smallest absolute Gasteiger partial charge is 0.306 e.